The third-order valence-corrected chi connectivity index (χ3v) is 3.38. The van der Waals surface area contributed by atoms with Gasteiger partial charge < -0.3 is 10.1 Å². The van der Waals surface area contributed by atoms with E-state index in [-0.39, 0.29) is 0 Å². The molecule has 0 radical (unpaired) electrons. The first-order valence-corrected chi connectivity index (χ1v) is 7.26. The van der Waals surface area contributed by atoms with Gasteiger partial charge in [0.15, 0.2) is 0 Å². The van der Waals surface area contributed by atoms with Crippen molar-refractivity contribution in [3.63, 3.8) is 0 Å². The molecule has 0 aromatic carbocycles. The summed E-state index contributed by atoms with van der Waals surface area (Å²) in [5, 5.41) is 3.39. The Morgan fingerprint density at radius 2 is 1.69 bits per heavy atom. The molecular weight excluding hydrogens is 198 g/mol. The Kier molecular flexibility index (Phi) is 8.83. The molecule has 0 spiro atoms. The van der Waals surface area contributed by atoms with Crippen LogP contribution in [0.5, 0.6) is 0 Å². The van der Waals surface area contributed by atoms with Gasteiger partial charge in [-0.1, -0.05) is 58.3 Å². The van der Waals surface area contributed by atoms with E-state index in [4.69, 9.17) is 4.74 Å². The number of hydrogen-bond acceptors (Lipinski definition) is 2. The lowest BCUT2D eigenvalue weighted by molar-refractivity contribution is 0.0220. The summed E-state index contributed by atoms with van der Waals surface area (Å²) in [5.74, 6) is 0. The molecule has 96 valence electrons. The molecule has 2 nitrogen and oxygen atoms in total. The summed E-state index contributed by atoms with van der Waals surface area (Å²) in [4.78, 5) is 0. The van der Waals surface area contributed by atoms with E-state index in [1.54, 1.807) is 0 Å². The minimum absolute atomic E-state index is 0.494. The fraction of sp³-hybridized carbons (Fsp3) is 1.00. The number of rotatable bonds is 9. The maximum Gasteiger partial charge on any atom is 0.0700 e. The molecule has 2 heteroatoms. The topological polar surface area (TPSA) is 21.3 Å². The summed E-state index contributed by atoms with van der Waals surface area (Å²) in [6, 6.07) is 0. The van der Waals surface area contributed by atoms with Gasteiger partial charge in [-0.2, -0.15) is 0 Å². The molecule has 0 saturated carbocycles. The first-order chi connectivity index (χ1) is 7.93. The first kappa shape index (κ1) is 14.0. The minimum Gasteiger partial charge on any atom is -0.376 e. The molecule has 1 rings (SSSR count). The van der Waals surface area contributed by atoms with E-state index < -0.39 is 0 Å². The van der Waals surface area contributed by atoms with Crippen molar-refractivity contribution in [1.82, 2.24) is 5.32 Å². The number of unbranched alkanes of at least 4 members (excludes halogenated alkanes) is 7. The standard InChI is InChI=1S/C14H29NO/c1-2-3-4-5-6-7-8-9-10-14-13-15-11-12-16-14/h14-15H,2-13H2,1H3. The third kappa shape index (κ3) is 7.24. The number of ether oxygens (including phenoxy) is 1. The average Bonchev–Trinajstić information content (AvgIpc) is 2.34. The van der Waals surface area contributed by atoms with E-state index in [0.29, 0.717) is 6.10 Å². The summed E-state index contributed by atoms with van der Waals surface area (Å²) in [5.41, 5.74) is 0. The molecule has 1 N–H and O–H groups in total. The molecule has 0 aromatic heterocycles. The van der Waals surface area contributed by atoms with Crippen LogP contribution in [0.3, 0.4) is 0 Å². The van der Waals surface area contributed by atoms with Crippen LogP contribution in [0.15, 0.2) is 0 Å². The lowest BCUT2D eigenvalue weighted by Crippen LogP contribution is -2.38. The van der Waals surface area contributed by atoms with Gasteiger partial charge in [-0.25, -0.2) is 0 Å². The second-order valence-electron chi connectivity index (χ2n) is 4.96. The van der Waals surface area contributed by atoms with Crippen molar-refractivity contribution in [3.8, 4) is 0 Å². The highest BCUT2D eigenvalue weighted by Crippen LogP contribution is 2.12. The van der Waals surface area contributed by atoms with Gasteiger partial charge in [0.25, 0.3) is 0 Å². The number of nitrogens with one attached hydrogen (secondary N) is 1. The van der Waals surface area contributed by atoms with Gasteiger partial charge in [0.05, 0.1) is 12.7 Å². The largest absolute Gasteiger partial charge is 0.376 e. The smallest absolute Gasteiger partial charge is 0.0700 e. The van der Waals surface area contributed by atoms with Gasteiger partial charge in [0.1, 0.15) is 0 Å². The van der Waals surface area contributed by atoms with Gasteiger partial charge >= 0.3 is 0 Å². The zero-order chi connectivity index (χ0) is 11.5. The van der Waals surface area contributed by atoms with E-state index in [0.717, 1.165) is 19.7 Å². The summed E-state index contributed by atoms with van der Waals surface area (Å²) in [6.45, 7) is 5.28. The molecule has 1 fully saturated rings. The van der Waals surface area contributed by atoms with Crippen LogP contribution in [-0.4, -0.2) is 25.8 Å². The summed E-state index contributed by atoms with van der Waals surface area (Å²) < 4.78 is 5.68. The molecule has 1 atom stereocenters. The molecule has 1 aliphatic rings. The van der Waals surface area contributed by atoms with Crippen LogP contribution in [-0.2, 0) is 4.74 Å². The fourth-order valence-corrected chi connectivity index (χ4v) is 2.31. The van der Waals surface area contributed by atoms with Crippen LogP contribution in [0.4, 0.5) is 0 Å². The molecule has 1 unspecified atom stereocenters. The molecule has 0 amide bonds. The highest BCUT2D eigenvalue weighted by molar-refractivity contribution is 4.66. The van der Waals surface area contributed by atoms with E-state index in [1.165, 1.54) is 57.8 Å². The molecule has 16 heavy (non-hydrogen) atoms. The van der Waals surface area contributed by atoms with Gasteiger partial charge in [0.2, 0.25) is 0 Å². The predicted octanol–water partition coefficient (Wildman–Crippen LogP) is 3.51. The monoisotopic (exact) mass is 227 g/mol. The van der Waals surface area contributed by atoms with Crippen molar-refractivity contribution in [2.45, 2.75) is 70.8 Å². The zero-order valence-corrected chi connectivity index (χ0v) is 11.0. The first-order valence-electron chi connectivity index (χ1n) is 7.26. The lowest BCUT2D eigenvalue weighted by atomic mass is 10.1. The van der Waals surface area contributed by atoms with Gasteiger partial charge in [-0.15, -0.1) is 0 Å². The third-order valence-electron chi connectivity index (χ3n) is 3.38. The molecule has 0 aromatic rings. The van der Waals surface area contributed by atoms with Crippen molar-refractivity contribution >= 4 is 0 Å². The van der Waals surface area contributed by atoms with Crippen LogP contribution >= 0.6 is 0 Å². The molecule has 1 aliphatic heterocycles. The molecule has 1 heterocycles. The second kappa shape index (κ2) is 10.1. The van der Waals surface area contributed by atoms with Crippen LogP contribution in [0, 0.1) is 0 Å². The summed E-state index contributed by atoms with van der Waals surface area (Å²) in [6.07, 6.45) is 13.0. The number of hydrogen-bond donors (Lipinski definition) is 1. The normalized spacial score (nSPS) is 21.2. The van der Waals surface area contributed by atoms with Gasteiger partial charge in [-0.05, 0) is 6.42 Å². The van der Waals surface area contributed by atoms with E-state index >= 15 is 0 Å². The SMILES string of the molecule is CCCCCCCCCCC1CNCCO1. The highest BCUT2D eigenvalue weighted by Gasteiger charge is 2.11. The quantitative estimate of drug-likeness (QED) is 0.609. The Morgan fingerprint density at radius 3 is 2.31 bits per heavy atom. The van der Waals surface area contributed by atoms with E-state index in [2.05, 4.69) is 12.2 Å². The van der Waals surface area contributed by atoms with Crippen molar-refractivity contribution in [1.29, 1.82) is 0 Å². The molecule has 1 saturated heterocycles. The van der Waals surface area contributed by atoms with Crippen LogP contribution in [0.1, 0.15) is 64.7 Å². The number of morpholine rings is 1. The molecular formula is C14H29NO. The second-order valence-corrected chi connectivity index (χ2v) is 4.96. The van der Waals surface area contributed by atoms with E-state index in [9.17, 15) is 0 Å². The molecule has 0 bridgehead atoms. The Hall–Kier alpha value is -0.0800. The Bertz CT molecular complexity index is 144. The minimum atomic E-state index is 0.494. The maximum atomic E-state index is 5.68. The fourth-order valence-electron chi connectivity index (χ4n) is 2.31. The molecule has 0 aliphatic carbocycles. The van der Waals surface area contributed by atoms with Gasteiger partial charge in [0, 0.05) is 13.1 Å². The Balaban J connectivity index is 1.77. The van der Waals surface area contributed by atoms with Gasteiger partial charge in [-0.3, -0.25) is 0 Å². The zero-order valence-electron chi connectivity index (χ0n) is 11.0. The van der Waals surface area contributed by atoms with E-state index in [1.807, 2.05) is 0 Å². The predicted molar refractivity (Wildman–Crippen MR) is 69.8 cm³/mol. The van der Waals surface area contributed by atoms with Crippen molar-refractivity contribution in [2.75, 3.05) is 19.7 Å². The Morgan fingerprint density at radius 1 is 1.00 bits per heavy atom. The maximum absolute atomic E-state index is 5.68. The van der Waals surface area contributed by atoms with Crippen molar-refractivity contribution in [2.24, 2.45) is 0 Å². The highest BCUT2D eigenvalue weighted by atomic mass is 16.5. The van der Waals surface area contributed by atoms with Crippen molar-refractivity contribution < 1.29 is 4.74 Å². The van der Waals surface area contributed by atoms with Crippen molar-refractivity contribution in [3.05, 3.63) is 0 Å². The Labute approximate surface area is 101 Å². The summed E-state index contributed by atoms with van der Waals surface area (Å²) in [7, 11) is 0. The van der Waals surface area contributed by atoms with Crippen LogP contribution in [0.2, 0.25) is 0 Å². The summed E-state index contributed by atoms with van der Waals surface area (Å²) >= 11 is 0. The van der Waals surface area contributed by atoms with Crippen LogP contribution < -0.4 is 5.32 Å². The average molecular weight is 227 g/mol. The lowest BCUT2D eigenvalue weighted by Gasteiger charge is -2.23. The van der Waals surface area contributed by atoms with Crippen LogP contribution in [0.25, 0.3) is 0 Å².